The average molecular weight is 240 g/mol. The number of nitrogens with one attached hydrogen (secondary N) is 1. The summed E-state index contributed by atoms with van der Waals surface area (Å²) in [6.07, 6.45) is 5.43. The Hall–Kier alpha value is -0.570. The highest BCUT2D eigenvalue weighted by molar-refractivity contribution is 5.75. The fourth-order valence-corrected chi connectivity index (χ4v) is 2.39. The molecule has 1 fully saturated rings. The van der Waals surface area contributed by atoms with Crippen molar-refractivity contribution in [1.29, 1.82) is 0 Å². The van der Waals surface area contributed by atoms with Crippen LogP contribution in [0, 0.1) is 11.8 Å². The van der Waals surface area contributed by atoms with E-state index in [9.17, 15) is 4.79 Å². The number of hydrogen-bond donors (Lipinski definition) is 1. The second-order valence-corrected chi connectivity index (χ2v) is 5.52. The third-order valence-electron chi connectivity index (χ3n) is 3.93. The highest BCUT2D eigenvalue weighted by Gasteiger charge is 2.16. The van der Waals surface area contributed by atoms with Crippen LogP contribution in [0.5, 0.6) is 0 Å². The molecule has 3 nitrogen and oxygen atoms in total. The minimum Gasteiger partial charge on any atom is -0.345 e. The van der Waals surface area contributed by atoms with E-state index >= 15 is 0 Å². The van der Waals surface area contributed by atoms with Gasteiger partial charge in [-0.15, -0.1) is 0 Å². The summed E-state index contributed by atoms with van der Waals surface area (Å²) >= 11 is 0. The molecule has 17 heavy (non-hydrogen) atoms. The lowest BCUT2D eigenvalue weighted by atomic mass is 9.93. The van der Waals surface area contributed by atoms with E-state index in [1.807, 2.05) is 11.9 Å². The molecule has 0 bridgehead atoms. The minimum atomic E-state index is 0.323. The van der Waals surface area contributed by atoms with Gasteiger partial charge in [0.15, 0.2) is 0 Å². The third kappa shape index (κ3) is 5.53. The molecule has 1 unspecified atom stereocenters. The first kappa shape index (κ1) is 14.5. The van der Waals surface area contributed by atoms with Crippen molar-refractivity contribution in [3.63, 3.8) is 0 Å². The zero-order chi connectivity index (χ0) is 12.7. The normalized spacial score (nSPS) is 19.0. The molecule has 1 atom stereocenters. The molecule has 0 saturated carbocycles. The maximum absolute atomic E-state index is 11.9. The molecule has 1 N–H and O–H groups in total. The van der Waals surface area contributed by atoms with Gasteiger partial charge in [0, 0.05) is 20.0 Å². The smallest absolute Gasteiger partial charge is 0.222 e. The van der Waals surface area contributed by atoms with Gasteiger partial charge in [-0.1, -0.05) is 20.3 Å². The fourth-order valence-electron chi connectivity index (χ4n) is 2.39. The number of piperidine rings is 1. The van der Waals surface area contributed by atoms with Crippen molar-refractivity contribution >= 4 is 5.91 Å². The Morgan fingerprint density at radius 1 is 1.41 bits per heavy atom. The van der Waals surface area contributed by atoms with Gasteiger partial charge in [0.2, 0.25) is 5.91 Å². The Morgan fingerprint density at radius 3 is 2.65 bits per heavy atom. The van der Waals surface area contributed by atoms with Crippen LogP contribution in [-0.4, -0.2) is 37.5 Å². The van der Waals surface area contributed by atoms with Crippen molar-refractivity contribution in [1.82, 2.24) is 10.2 Å². The summed E-state index contributed by atoms with van der Waals surface area (Å²) < 4.78 is 0. The molecule has 1 aliphatic rings. The number of hydrogen-bond acceptors (Lipinski definition) is 2. The van der Waals surface area contributed by atoms with E-state index in [0.717, 1.165) is 44.8 Å². The standard InChI is InChI=1S/C14H28N2O/c1-4-12(2)11-16(3)14(17)6-5-13-7-9-15-10-8-13/h12-13,15H,4-11H2,1-3H3. The summed E-state index contributed by atoms with van der Waals surface area (Å²) in [6.45, 7) is 7.54. The number of rotatable bonds is 6. The second kappa shape index (κ2) is 7.70. The van der Waals surface area contributed by atoms with E-state index in [2.05, 4.69) is 19.2 Å². The fraction of sp³-hybridized carbons (Fsp3) is 0.929. The summed E-state index contributed by atoms with van der Waals surface area (Å²) in [5.41, 5.74) is 0. The molecule has 3 heteroatoms. The van der Waals surface area contributed by atoms with Crippen LogP contribution in [-0.2, 0) is 4.79 Å². The van der Waals surface area contributed by atoms with Crippen LogP contribution >= 0.6 is 0 Å². The Morgan fingerprint density at radius 2 is 2.06 bits per heavy atom. The van der Waals surface area contributed by atoms with Crippen LogP contribution in [0.3, 0.4) is 0 Å². The molecule has 0 aliphatic carbocycles. The molecule has 0 aromatic heterocycles. The van der Waals surface area contributed by atoms with Gasteiger partial charge in [-0.25, -0.2) is 0 Å². The zero-order valence-corrected chi connectivity index (χ0v) is 11.7. The first-order valence-corrected chi connectivity index (χ1v) is 7.08. The Kier molecular flexibility index (Phi) is 6.56. The summed E-state index contributed by atoms with van der Waals surface area (Å²) in [7, 11) is 1.94. The van der Waals surface area contributed by atoms with Gasteiger partial charge < -0.3 is 10.2 Å². The van der Waals surface area contributed by atoms with Crippen molar-refractivity contribution < 1.29 is 4.79 Å². The Labute approximate surface area is 106 Å². The van der Waals surface area contributed by atoms with E-state index in [4.69, 9.17) is 0 Å². The van der Waals surface area contributed by atoms with E-state index in [0.29, 0.717) is 11.8 Å². The van der Waals surface area contributed by atoms with Crippen LogP contribution in [0.15, 0.2) is 0 Å². The van der Waals surface area contributed by atoms with Crippen molar-refractivity contribution in [3.05, 3.63) is 0 Å². The molecule has 1 aliphatic heterocycles. The van der Waals surface area contributed by atoms with Crippen molar-refractivity contribution in [2.75, 3.05) is 26.7 Å². The Balaban J connectivity index is 2.18. The maximum atomic E-state index is 11.9. The molecule has 0 aromatic carbocycles. The Bertz CT molecular complexity index is 224. The van der Waals surface area contributed by atoms with E-state index < -0.39 is 0 Å². The predicted molar refractivity (Wildman–Crippen MR) is 71.9 cm³/mol. The summed E-state index contributed by atoms with van der Waals surface area (Å²) in [5, 5.41) is 3.36. The van der Waals surface area contributed by atoms with E-state index in [1.165, 1.54) is 12.8 Å². The first-order valence-electron chi connectivity index (χ1n) is 7.08. The van der Waals surface area contributed by atoms with Gasteiger partial charge in [-0.3, -0.25) is 4.79 Å². The third-order valence-corrected chi connectivity index (χ3v) is 3.93. The van der Waals surface area contributed by atoms with Gasteiger partial charge in [0.25, 0.3) is 0 Å². The lowest BCUT2D eigenvalue weighted by molar-refractivity contribution is -0.130. The van der Waals surface area contributed by atoms with E-state index in [1.54, 1.807) is 0 Å². The SMILES string of the molecule is CCC(C)CN(C)C(=O)CCC1CCNCC1. The van der Waals surface area contributed by atoms with Gasteiger partial charge in [0.1, 0.15) is 0 Å². The van der Waals surface area contributed by atoms with Crippen molar-refractivity contribution in [2.24, 2.45) is 11.8 Å². The molecule has 0 aromatic rings. The predicted octanol–water partition coefficient (Wildman–Crippen LogP) is 2.27. The van der Waals surface area contributed by atoms with Crippen molar-refractivity contribution in [3.8, 4) is 0 Å². The van der Waals surface area contributed by atoms with Crippen LogP contribution in [0.4, 0.5) is 0 Å². The molecule has 0 radical (unpaired) electrons. The molecule has 0 spiro atoms. The summed E-state index contributed by atoms with van der Waals surface area (Å²) in [4.78, 5) is 13.9. The van der Waals surface area contributed by atoms with Gasteiger partial charge in [0.05, 0.1) is 0 Å². The van der Waals surface area contributed by atoms with Gasteiger partial charge in [-0.05, 0) is 44.2 Å². The highest BCUT2D eigenvalue weighted by atomic mass is 16.2. The lowest BCUT2D eigenvalue weighted by Crippen LogP contribution is -2.32. The highest BCUT2D eigenvalue weighted by Crippen LogP contribution is 2.18. The van der Waals surface area contributed by atoms with Crippen molar-refractivity contribution in [2.45, 2.75) is 46.0 Å². The zero-order valence-electron chi connectivity index (χ0n) is 11.7. The van der Waals surface area contributed by atoms with Crippen LogP contribution in [0.25, 0.3) is 0 Å². The van der Waals surface area contributed by atoms with Gasteiger partial charge >= 0.3 is 0 Å². The molecule has 1 saturated heterocycles. The van der Waals surface area contributed by atoms with E-state index in [-0.39, 0.29) is 0 Å². The number of amides is 1. The lowest BCUT2D eigenvalue weighted by Gasteiger charge is -2.24. The molecule has 1 heterocycles. The number of carbonyl (C=O) groups is 1. The summed E-state index contributed by atoms with van der Waals surface area (Å²) in [6, 6.07) is 0. The minimum absolute atomic E-state index is 0.323. The van der Waals surface area contributed by atoms with Crippen LogP contribution in [0.1, 0.15) is 46.0 Å². The number of carbonyl (C=O) groups excluding carboxylic acids is 1. The average Bonchev–Trinajstić information content (AvgIpc) is 2.36. The topological polar surface area (TPSA) is 32.3 Å². The maximum Gasteiger partial charge on any atom is 0.222 e. The monoisotopic (exact) mass is 240 g/mol. The molecule has 1 amide bonds. The molecular formula is C14H28N2O. The largest absolute Gasteiger partial charge is 0.345 e. The van der Waals surface area contributed by atoms with Crippen LogP contribution in [0.2, 0.25) is 0 Å². The molecule has 100 valence electrons. The van der Waals surface area contributed by atoms with Crippen LogP contribution < -0.4 is 5.32 Å². The molecular weight excluding hydrogens is 212 g/mol. The second-order valence-electron chi connectivity index (χ2n) is 5.52. The first-order chi connectivity index (χ1) is 8.13. The quantitative estimate of drug-likeness (QED) is 0.772. The summed E-state index contributed by atoms with van der Waals surface area (Å²) in [5.74, 6) is 1.70. The molecule has 1 rings (SSSR count). The number of nitrogens with zero attached hydrogens (tertiary/aromatic N) is 1. The van der Waals surface area contributed by atoms with Gasteiger partial charge in [-0.2, -0.15) is 0 Å².